The minimum atomic E-state index is -0.0796. The van der Waals surface area contributed by atoms with Crippen molar-refractivity contribution in [2.24, 2.45) is 12.5 Å². The number of hydrogen-bond donors (Lipinski definition) is 2. The highest BCUT2D eigenvalue weighted by Crippen LogP contribution is 2.37. The molecule has 1 fully saturated rings. The van der Waals surface area contributed by atoms with Crippen molar-refractivity contribution in [1.29, 1.82) is 0 Å². The fourth-order valence-electron chi connectivity index (χ4n) is 3.26. The molecule has 0 spiro atoms. The molecule has 5 heteroatoms. The number of aliphatic hydroxyl groups is 1. The second kappa shape index (κ2) is 6.03. The van der Waals surface area contributed by atoms with E-state index in [1.54, 1.807) is 12.5 Å². The van der Waals surface area contributed by atoms with Crippen molar-refractivity contribution < 1.29 is 9.52 Å². The van der Waals surface area contributed by atoms with Gasteiger partial charge in [-0.15, -0.1) is 0 Å². The zero-order valence-electron chi connectivity index (χ0n) is 12.5. The molecule has 0 amide bonds. The van der Waals surface area contributed by atoms with E-state index >= 15 is 0 Å². The third-order valence-electron chi connectivity index (χ3n) is 4.63. The van der Waals surface area contributed by atoms with Gasteiger partial charge < -0.3 is 19.4 Å². The summed E-state index contributed by atoms with van der Waals surface area (Å²) in [6.07, 6.45) is 10.00. The molecular formula is C16H23N3O2. The fourth-order valence-corrected chi connectivity index (χ4v) is 3.26. The van der Waals surface area contributed by atoms with E-state index in [0.29, 0.717) is 0 Å². The van der Waals surface area contributed by atoms with Crippen LogP contribution in [0.5, 0.6) is 0 Å². The van der Waals surface area contributed by atoms with Gasteiger partial charge in [0.15, 0.2) is 0 Å². The topological polar surface area (TPSA) is 63.2 Å². The summed E-state index contributed by atoms with van der Waals surface area (Å²) >= 11 is 0. The Balaban J connectivity index is 1.79. The van der Waals surface area contributed by atoms with E-state index < -0.39 is 0 Å². The van der Waals surface area contributed by atoms with Gasteiger partial charge in [-0.05, 0) is 25.0 Å². The van der Waals surface area contributed by atoms with Crippen LogP contribution in [0, 0.1) is 5.41 Å². The molecule has 1 unspecified atom stereocenters. The summed E-state index contributed by atoms with van der Waals surface area (Å²) in [6.45, 7) is 1.02. The number of imidazole rings is 1. The third kappa shape index (κ3) is 2.89. The molecule has 21 heavy (non-hydrogen) atoms. The van der Waals surface area contributed by atoms with Crippen LogP contribution in [-0.4, -0.2) is 27.8 Å². The average Bonchev–Trinajstić information content (AvgIpc) is 3.22. The predicted octanol–water partition coefficient (Wildman–Crippen LogP) is 2.24. The molecular weight excluding hydrogens is 266 g/mol. The normalized spacial score (nSPS) is 19.0. The highest BCUT2D eigenvalue weighted by atomic mass is 16.3. The summed E-state index contributed by atoms with van der Waals surface area (Å²) in [5.74, 6) is 1.78. The molecule has 1 aliphatic carbocycles. The lowest BCUT2D eigenvalue weighted by atomic mass is 9.87. The van der Waals surface area contributed by atoms with Crippen LogP contribution in [-0.2, 0) is 7.05 Å². The Kier molecular flexibility index (Phi) is 4.12. The standard InChI is InChI=1S/C16H23N3O2/c1-19-9-8-17-15(19)14(13-5-4-10-21-13)18-11-16(12-20)6-2-3-7-16/h4-5,8-10,14,18,20H,2-3,6-7,11-12H2,1H3. The Morgan fingerprint density at radius 2 is 2.29 bits per heavy atom. The van der Waals surface area contributed by atoms with E-state index in [1.807, 2.05) is 29.9 Å². The lowest BCUT2D eigenvalue weighted by Crippen LogP contribution is -2.38. The molecule has 3 rings (SSSR count). The average molecular weight is 289 g/mol. The number of rotatable bonds is 6. The van der Waals surface area contributed by atoms with Gasteiger partial charge >= 0.3 is 0 Å². The van der Waals surface area contributed by atoms with Crippen LogP contribution in [0.25, 0.3) is 0 Å². The van der Waals surface area contributed by atoms with Crippen molar-refractivity contribution in [2.75, 3.05) is 13.2 Å². The van der Waals surface area contributed by atoms with Crippen LogP contribution < -0.4 is 5.32 Å². The number of aryl methyl sites for hydroxylation is 1. The van der Waals surface area contributed by atoms with Crippen molar-refractivity contribution in [1.82, 2.24) is 14.9 Å². The number of nitrogens with one attached hydrogen (secondary N) is 1. The maximum absolute atomic E-state index is 9.76. The van der Waals surface area contributed by atoms with Gasteiger partial charge in [-0.25, -0.2) is 4.98 Å². The van der Waals surface area contributed by atoms with E-state index in [1.165, 1.54) is 12.8 Å². The van der Waals surface area contributed by atoms with Crippen molar-refractivity contribution in [2.45, 2.75) is 31.7 Å². The SMILES string of the molecule is Cn1ccnc1C(NCC1(CO)CCCC1)c1ccco1. The van der Waals surface area contributed by atoms with Gasteiger partial charge in [-0.3, -0.25) is 0 Å². The molecule has 2 aromatic rings. The van der Waals surface area contributed by atoms with Crippen LogP contribution in [0.2, 0.25) is 0 Å². The lowest BCUT2D eigenvalue weighted by molar-refractivity contribution is 0.124. The molecule has 1 atom stereocenters. The first kappa shape index (κ1) is 14.4. The first-order valence-corrected chi connectivity index (χ1v) is 7.59. The fraction of sp³-hybridized carbons (Fsp3) is 0.562. The molecule has 2 aromatic heterocycles. The number of hydrogen-bond acceptors (Lipinski definition) is 4. The van der Waals surface area contributed by atoms with E-state index in [0.717, 1.165) is 31.0 Å². The lowest BCUT2D eigenvalue weighted by Gasteiger charge is -2.29. The summed E-state index contributed by atoms with van der Waals surface area (Å²) < 4.78 is 7.58. The maximum atomic E-state index is 9.76. The number of furan rings is 1. The Bertz CT molecular complexity index is 556. The first-order valence-electron chi connectivity index (χ1n) is 7.59. The van der Waals surface area contributed by atoms with Crippen molar-refractivity contribution in [3.05, 3.63) is 42.4 Å². The highest BCUT2D eigenvalue weighted by Gasteiger charge is 2.34. The number of aromatic nitrogens is 2. The molecule has 1 aliphatic rings. The zero-order valence-corrected chi connectivity index (χ0v) is 12.5. The second-order valence-electron chi connectivity index (χ2n) is 6.09. The molecule has 2 heterocycles. The van der Waals surface area contributed by atoms with Crippen LogP contribution in [0.1, 0.15) is 43.3 Å². The summed E-state index contributed by atoms with van der Waals surface area (Å²) in [5.41, 5.74) is 0.00993. The molecule has 2 N–H and O–H groups in total. The second-order valence-corrected chi connectivity index (χ2v) is 6.09. The first-order chi connectivity index (χ1) is 10.2. The smallest absolute Gasteiger partial charge is 0.133 e. The van der Waals surface area contributed by atoms with Gasteiger partial charge in [0.2, 0.25) is 0 Å². The van der Waals surface area contributed by atoms with Crippen LogP contribution in [0.3, 0.4) is 0 Å². The molecule has 0 aliphatic heterocycles. The quantitative estimate of drug-likeness (QED) is 0.856. The summed E-state index contributed by atoms with van der Waals surface area (Å²) in [7, 11) is 1.98. The molecule has 114 valence electrons. The Morgan fingerprint density at radius 1 is 1.48 bits per heavy atom. The predicted molar refractivity (Wildman–Crippen MR) is 79.7 cm³/mol. The molecule has 0 saturated heterocycles. The summed E-state index contributed by atoms with van der Waals surface area (Å²) in [6, 6.07) is 3.78. The van der Waals surface area contributed by atoms with Gasteiger partial charge in [0.05, 0.1) is 6.26 Å². The van der Waals surface area contributed by atoms with Gasteiger partial charge in [-0.2, -0.15) is 0 Å². The summed E-state index contributed by atoms with van der Waals surface area (Å²) in [4.78, 5) is 4.44. The van der Waals surface area contributed by atoms with E-state index in [4.69, 9.17) is 4.42 Å². The van der Waals surface area contributed by atoms with E-state index in [-0.39, 0.29) is 18.1 Å². The minimum Gasteiger partial charge on any atom is -0.467 e. The van der Waals surface area contributed by atoms with Crippen LogP contribution >= 0.6 is 0 Å². The molecule has 0 radical (unpaired) electrons. The number of aliphatic hydroxyl groups excluding tert-OH is 1. The monoisotopic (exact) mass is 289 g/mol. The summed E-state index contributed by atoms with van der Waals surface area (Å²) in [5, 5.41) is 13.3. The number of nitrogens with zero attached hydrogens (tertiary/aromatic N) is 2. The van der Waals surface area contributed by atoms with Gasteiger partial charge in [-0.1, -0.05) is 12.8 Å². The zero-order chi connectivity index (χ0) is 14.7. The Hall–Kier alpha value is -1.59. The molecule has 0 aromatic carbocycles. The Labute approximate surface area is 125 Å². The highest BCUT2D eigenvalue weighted by molar-refractivity contribution is 5.16. The van der Waals surface area contributed by atoms with Crippen LogP contribution in [0.4, 0.5) is 0 Å². The van der Waals surface area contributed by atoms with Crippen molar-refractivity contribution in [3.63, 3.8) is 0 Å². The molecule has 1 saturated carbocycles. The van der Waals surface area contributed by atoms with Gasteiger partial charge in [0.25, 0.3) is 0 Å². The largest absolute Gasteiger partial charge is 0.467 e. The maximum Gasteiger partial charge on any atom is 0.133 e. The van der Waals surface area contributed by atoms with Crippen molar-refractivity contribution in [3.8, 4) is 0 Å². The Morgan fingerprint density at radius 3 is 2.86 bits per heavy atom. The van der Waals surface area contributed by atoms with E-state index in [2.05, 4.69) is 10.3 Å². The molecule has 0 bridgehead atoms. The van der Waals surface area contributed by atoms with Crippen LogP contribution in [0.15, 0.2) is 35.2 Å². The van der Waals surface area contributed by atoms with Gasteiger partial charge in [0.1, 0.15) is 17.6 Å². The third-order valence-corrected chi connectivity index (χ3v) is 4.63. The van der Waals surface area contributed by atoms with Gasteiger partial charge in [0, 0.05) is 38.0 Å². The minimum absolute atomic E-state index is 0.00993. The van der Waals surface area contributed by atoms with E-state index in [9.17, 15) is 5.11 Å². The molecule has 5 nitrogen and oxygen atoms in total. The van der Waals surface area contributed by atoms with Crippen molar-refractivity contribution >= 4 is 0 Å².